The second-order valence-electron chi connectivity index (χ2n) is 6.38. The lowest BCUT2D eigenvalue weighted by Gasteiger charge is -2.09. The van der Waals surface area contributed by atoms with E-state index in [2.05, 4.69) is 20.8 Å². The zero-order valence-electron chi connectivity index (χ0n) is 15.5. The number of aryl methyl sites for hydroxylation is 3. The van der Waals surface area contributed by atoms with Crippen LogP contribution in [0.1, 0.15) is 21.5 Å². The Kier molecular flexibility index (Phi) is 5.30. The summed E-state index contributed by atoms with van der Waals surface area (Å²) in [6.45, 7) is 3.82. The minimum absolute atomic E-state index is 0.111. The van der Waals surface area contributed by atoms with Crippen molar-refractivity contribution in [2.75, 3.05) is 11.9 Å². The first-order valence-electron chi connectivity index (χ1n) is 8.54. The van der Waals surface area contributed by atoms with Crippen molar-refractivity contribution < 1.29 is 9.59 Å². The van der Waals surface area contributed by atoms with Crippen LogP contribution in [0.15, 0.2) is 48.8 Å². The Morgan fingerprint density at radius 1 is 1.07 bits per heavy atom. The topological polar surface area (TPSA) is 88.9 Å². The van der Waals surface area contributed by atoms with Gasteiger partial charge in [0.1, 0.15) is 6.33 Å². The van der Waals surface area contributed by atoms with Crippen molar-refractivity contribution in [3.8, 4) is 11.4 Å². The number of hydrogen-bond donors (Lipinski definition) is 2. The second kappa shape index (κ2) is 7.82. The van der Waals surface area contributed by atoms with E-state index in [9.17, 15) is 9.59 Å². The lowest BCUT2D eigenvalue weighted by atomic mass is 10.1. The van der Waals surface area contributed by atoms with Gasteiger partial charge in [0, 0.05) is 23.9 Å². The number of carbonyl (C=O) groups is 2. The summed E-state index contributed by atoms with van der Waals surface area (Å²) in [5.41, 5.74) is 4.16. The highest BCUT2D eigenvalue weighted by molar-refractivity contribution is 5.99. The van der Waals surface area contributed by atoms with Crippen molar-refractivity contribution in [1.82, 2.24) is 20.1 Å². The van der Waals surface area contributed by atoms with Crippen LogP contribution in [-0.4, -0.2) is 33.1 Å². The Morgan fingerprint density at radius 2 is 1.89 bits per heavy atom. The van der Waals surface area contributed by atoms with E-state index in [0.29, 0.717) is 17.1 Å². The molecular formula is C20H21N5O2. The molecule has 7 nitrogen and oxygen atoms in total. The molecule has 0 aliphatic carbocycles. The van der Waals surface area contributed by atoms with Gasteiger partial charge in [0.05, 0.1) is 6.54 Å². The molecule has 138 valence electrons. The molecule has 7 heteroatoms. The molecule has 0 radical (unpaired) electrons. The van der Waals surface area contributed by atoms with Crippen LogP contribution in [0.25, 0.3) is 11.4 Å². The molecule has 0 saturated carbocycles. The maximum absolute atomic E-state index is 12.2. The van der Waals surface area contributed by atoms with E-state index in [-0.39, 0.29) is 18.4 Å². The van der Waals surface area contributed by atoms with Crippen LogP contribution in [-0.2, 0) is 11.8 Å². The van der Waals surface area contributed by atoms with Gasteiger partial charge in [-0.05, 0) is 49.2 Å². The maximum Gasteiger partial charge on any atom is 0.251 e. The largest absolute Gasteiger partial charge is 0.343 e. The maximum atomic E-state index is 12.2. The molecule has 2 aromatic carbocycles. The average Bonchev–Trinajstić information content (AvgIpc) is 3.08. The molecule has 2 amide bonds. The SMILES string of the molecule is Cc1ccc(C(=O)NCC(=O)Nc2cccc(-c3nncn3C)c2)cc1C. The summed E-state index contributed by atoms with van der Waals surface area (Å²) in [5, 5.41) is 13.3. The third-order valence-corrected chi connectivity index (χ3v) is 4.29. The van der Waals surface area contributed by atoms with E-state index < -0.39 is 0 Å². The van der Waals surface area contributed by atoms with Crippen LogP contribution >= 0.6 is 0 Å². The van der Waals surface area contributed by atoms with Crippen LogP contribution in [0.3, 0.4) is 0 Å². The molecule has 0 bridgehead atoms. The molecule has 0 saturated heterocycles. The molecule has 0 aliphatic rings. The predicted octanol–water partition coefficient (Wildman–Crippen LogP) is 2.47. The molecule has 3 aromatic rings. The molecule has 3 rings (SSSR count). The van der Waals surface area contributed by atoms with Crippen molar-refractivity contribution >= 4 is 17.5 Å². The van der Waals surface area contributed by atoms with Gasteiger partial charge in [0.2, 0.25) is 5.91 Å². The Labute approximate surface area is 157 Å². The summed E-state index contributed by atoms with van der Waals surface area (Å²) in [6, 6.07) is 12.8. The normalized spacial score (nSPS) is 10.5. The third-order valence-electron chi connectivity index (χ3n) is 4.29. The third kappa shape index (κ3) is 4.38. The summed E-state index contributed by atoms with van der Waals surface area (Å²) in [6.07, 6.45) is 1.61. The number of nitrogens with zero attached hydrogens (tertiary/aromatic N) is 3. The van der Waals surface area contributed by atoms with Gasteiger partial charge in [0.15, 0.2) is 5.82 Å². The van der Waals surface area contributed by atoms with Gasteiger partial charge in [-0.1, -0.05) is 18.2 Å². The van der Waals surface area contributed by atoms with Crippen LogP contribution in [0.4, 0.5) is 5.69 Å². The quantitative estimate of drug-likeness (QED) is 0.729. The minimum atomic E-state index is -0.303. The smallest absolute Gasteiger partial charge is 0.251 e. The number of aromatic nitrogens is 3. The van der Waals surface area contributed by atoms with Crippen molar-refractivity contribution in [1.29, 1.82) is 0 Å². The average molecular weight is 363 g/mol. The molecule has 1 heterocycles. The van der Waals surface area contributed by atoms with Gasteiger partial charge >= 0.3 is 0 Å². The van der Waals surface area contributed by atoms with Gasteiger partial charge in [-0.3, -0.25) is 9.59 Å². The van der Waals surface area contributed by atoms with Crippen molar-refractivity contribution in [2.24, 2.45) is 7.05 Å². The Hall–Kier alpha value is -3.48. The van der Waals surface area contributed by atoms with E-state index in [1.807, 2.05) is 51.2 Å². The fraction of sp³-hybridized carbons (Fsp3) is 0.200. The first-order valence-corrected chi connectivity index (χ1v) is 8.54. The summed E-state index contributed by atoms with van der Waals surface area (Å²) >= 11 is 0. The van der Waals surface area contributed by atoms with Crippen molar-refractivity contribution in [3.63, 3.8) is 0 Å². The molecule has 0 unspecified atom stereocenters. The monoisotopic (exact) mass is 363 g/mol. The van der Waals surface area contributed by atoms with Crippen LogP contribution in [0.2, 0.25) is 0 Å². The lowest BCUT2D eigenvalue weighted by molar-refractivity contribution is -0.115. The Balaban J connectivity index is 1.60. The number of amides is 2. The number of hydrogen-bond acceptors (Lipinski definition) is 4. The molecule has 0 spiro atoms. The van der Waals surface area contributed by atoms with Gasteiger partial charge in [-0.15, -0.1) is 10.2 Å². The summed E-state index contributed by atoms with van der Waals surface area (Å²) in [5.74, 6) is 0.123. The number of nitrogens with one attached hydrogen (secondary N) is 2. The van der Waals surface area contributed by atoms with Crippen LogP contribution < -0.4 is 10.6 Å². The van der Waals surface area contributed by atoms with Gasteiger partial charge in [-0.2, -0.15) is 0 Å². The first-order chi connectivity index (χ1) is 12.9. The highest BCUT2D eigenvalue weighted by Gasteiger charge is 2.10. The zero-order valence-corrected chi connectivity index (χ0v) is 15.5. The molecule has 1 aromatic heterocycles. The summed E-state index contributed by atoms with van der Waals surface area (Å²) in [7, 11) is 1.85. The van der Waals surface area contributed by atoms with Crippen molar-refractivity contribution in [3.05, 3.63) is 65.5 Å². The highest BCUT2D eigenvalue weighted by Crippen LogP contribution is 2.20. The highest BCUT2D eigenvalue weighted by atomic mass is 16.2. The standard InChI is InChI=1S/C20H21N5O2/c1-13-7-8-16(9-14(13)2)20(27)21-11-18(26)23-17-6-4-5-15(10-17)19-24-22-12-25(19)3/h4-10,12H,11H2,1-3H3,(H,21,27)(H,23,26). The van der Waals surface area contributed by atoms with E-state index >= 15 is 0 Å². The Morgan fingerprint density at radius 3 is 2.59 bits per heavy atom. The fourth-order valence-corrected chi connectivity index (χ4v) is 2.63. The van der Waals surface area contributed by atoms with E-state index in [0.717, 1.165) is 16.7 Å². The molecule has 27 heavy (non-hydrogen) atoms. The molecule has 0 aliphatic heterocycles. The van der Waals surface area contributed by atoms with Gasteiger partial charge in [-0.25, -0.2) is 0 Å². The minimum Gasteiger partial charge on any atom is -0.343 e. The fourth-order valence-electron chi connectivity index (χ4n) is 2.63. The van der Waals surface area contributed by atoms with Crippen molar-refractivity contribution in [2.45, 2.75) is 13.8 Å². The molecule has 0 atom stereocenters. The molecule has 0 fully saturated rings. The summed E-state index contributed by atoms with van der Waals surface area (Å²) in [4.78, 5) is 24.4. The van der Waals surface area contributed by atoms with E-state index in [1.165, 1.54) is 0 Å². The van der Waals surface area contributed by atoms with Crippen LogP contribution in [0.5, 0.6) is 0 Å². The number of benzene rings is 2. The first kappa shape index (κ1) is 18.3. The van der Waals surface area contributed by atoms with E-state index in [4.69, 9.17) is 0 Å². The molecular weight excluding hydrogens is 342 g/mol. The molecule has 2 N–H and O–H groups in total. The Bertz CT molecular complexity index is 994. The van der Waals surface area contributed by atoms with Crippen LogP contribution in [0, 0.1) is 13.8 Å². The second-order valence-corrected chi connectivity index (χ2v) is 6.38. The number of rotatable bonds is 5. The van der Waals surface area contributed by atoms with E-state index in [1.54, 1.807) is 23.0 Å². The summed E-state index contributed by atoms with van der Waals surface area (Å²) < 4.78 is 1.80. The predicted molar refractivity (Wildman–Crippen MR) is 103 cm³/mol. The van der Waals surface area contributed by atoms with Gasteiger partial charge < -0.3 is 15.2 Å². The number of anilines is 1. The number of carbonyl (C=O) groups excluding carboxylic acids is 2. The van der Waals surface area contributed by atoms with Gasteiger partial charge in [0.25, 0.3) is 5.91 Å². The lowest BCUT2D eigenvalue weighted by Crippen LogP contribution is -2.32. The zero-order chi connectivity index (χ0) is 19.4.